The van der Waals surface area contributed by atoms with Gasteiger partial charge < -0.3 is 9.29 Å². The van der Waals surface area contributed by atoms with Crippen LogP contribution in [0.2, 0.25) is 0 Å². The Morgan fingerprint density at radius 2 is 2.24 bits per heavy atom. The lowest BCUT2D eigenvalue weighted by atomic mass is 10.1. The van der Waals surface area contributed by atoms with Crippen LogP contribution in [0.4, 0.5) is 0 Å². The first kappa shape index (κ1) is 17.9. The van der Waals surface area contributed by atoms with Gasteiger partial charge in [0.1, 0.15) is 10.8 Å². The van der Waals surface area contributed by atoms with Gasteiger partial charge in [-0.05, 0) is 38.7 Å². The smallest absolute Gasteiger partial charge is 0.345 e. The molecule has 0 spiro atoms. The van der Waals surface area contributed by atoms with Crippen molar-refractivity contribution >= 4 is 28.2 Å². The van der Waals surface area contributed by atoms with Crippen molar-refractivity contribution in [1.82, 2.24) is 14.5 Å². The molecule has 3 atom stereocenters. The summed E-state index contributed by atoms with van der Waals surface area (Å²) in [5, 5.41) is 0.711. The first-order valence-electron chi connectivity index (χ1n) is 8.04. The summed E-state index contributed by atoms with van der Waals surface area (Å²) in [6.45, 7) is 3.60. The lowest BCUT2D eigenvalue weighted by molar-refractivity contribution is 0.0523. The Morgan fingerprint density at radius 3 is 2.96 bits per heavy atom. The molecule has 2 bridgehead atoms. The monoisotopic (exact) mass is 363 g/mol. The highest BCUT2D eigenvalue weighted by atomic mass is 32.2. The number of fused-ring (bicyclic) bond motifs is 3. The summed E-state index contributed by atoms with van der Waals surface area (Å²) in [6.07, 6.45) is 3.96. The van der Waals surface area contributed by atoms with E-state index in [0.717, 1.165) is 19.3 Å². The lowest BCUT2D eigenvalue weighted by Crippen LogP contribution is -2.35. The summed E-state index contributed by atoms with van der Waals surface area (Å²) in [4.78, 5) is 34.0. The van der Waals surface area contributed by atoms with E-state index in [0.29, 0.717) is 16.6 Å². The van der Waals surface area contributed by atoms with Gasteiger partial charge in [-0.3, -0.25) is 9.36 Å². The van der Waals surface area contributed by atoms with Crippen LogP contribution >= 0.6 is 0 Å². The Balaban J connectivity index is 0.00000182. The van der Waals surface area contributed by atoms with Crippen LogP contribution in [0.25, 0.3) is 11.0 Å². The number of aryl methyl sites for hydroxylation is 1. The van der Waals surface area contributed by atoms with Crippen LogP contribution < -0.4 is 5.56 Å². The standard InChI is InChI=1S/C16H17N3O4S.CH4/c1-3-23-15(21)12-8(2)9-7-17-16-18-13(9)19(14(12)20)10-5-4-6-11(10)24(16)22;/h7,10-11H,3-6H2,1-2H3;1H4. The Labute approximate surface area is 148 Å². The second-order valence-corrected chi connectivity index (χ2v) is 7.69. The molecule has 0 N–H and O–H groups in total. The largest absolute Gasteiger partial charge is 0.609 e. The fraction of sp³-hybridized carbons (Fsp3) is 0.529. The number of aromatic nitrogens is 3. The molecule has 1 aliphatic heterocycles. The quantitative estimate of drug-likeness (QED) is 0.461. The second kappa shape index (κ2) is 6.42. The first-order valence-corrected chi connectivity index (χ1v) is 9.25. The number of esters is 1. The summed E-state index contributed by atoms with van der Waals surface area (Å²) >= 11 is -1.34. The molecule has 25 heavy (non-hydrogen) atoms. The van der Waals surface area contributed by atoms with Crippen molar-refractivity contribution in [2.45, 2.75) is 57.0 Å². The number of hydrogen-bond acceptors (Lipinski definition) is 6. The van der Waals surface area contributed by atoms with E-state index in [1.54, 1.807) is 24.6 Å². The zero-order valence-electron chi connectivity index (χ0n) is 13.4. The molecule has 0 amide bonds. The predicted molar refractivity (Wildman–Crippen MR) is 94.3 cm³/mol. The molecule has 2 aromatic rings. The molecular weight excluding hydrogens is 342 g/mol. The minimum Gasteiger partial charge on any atom is -0.609 e. The molecule has 1 fully saturated rings. The molecule has 2 aromatic heterocycles. The topological polar surface area (TPSA) is 97.1 Å². The van der Waals surface area contributed by atoms with Gasteiger partial charge in [0.05, 0.1) is 12.6 Å². The van der Waals surface area contributed by atoms with Crippen molar-refractivity contribution in [3.05, 3.63) is 27.7 Å². The molecular formula is C17H21N3O4S. The maximum Gasteiger partial charge on any atom is 0.345 e. The summed E-state index contributed by atoms with van der Waals surface area (Å²) in [5.74, 6) is -0.630. The highest BCUT2D eigenvalue weighted by molar-refractivity contribution is 7.91. The Kier molecular flexibility index (Phi) is 4.59. The Hall–Kier alpha value is -1.93. The summed E-state index contributed by atoms with van der Waals surface area (Å²) < 4.78 is 19.4. The molecule has 2 aliphatic rings. The Morgan fingerprint density at radius 1 is 1.48 bits per heavy atom. The van der Waals surface area contributed by atoms with E-state index in [-0.39, 0.29) is 36.0 Å². The summed E-state index contributed by atoms with van der Waals surface area (Å²) in [7, 11) is 0. The molecule has 0 saturated heterocycles. The van der Waals surface area contributed by atoms with Crippen LogP contribution in [0.1, 0.15) is 55.6 Å². The summed E-state index contributed by atoms with van der Waals surface area (Å²) in [5.41, 5.74) is 0.606. The fourth-order valence-electron chi connectivity index (χ4n) is 3.75. The van der Waals surface area contributed by atoms with Crippen molar-refractivity contribution in [3.63, 3.8) is 0 Å². The number of carbonyl (C=O) groups excluding carboxylic acids is 1. The second-order valence-electron chi connectivity index (χ2n) is 6.12. The molecule has 8 heteroatoms. The van der Waals surface area contributed by atoms with E-state index in [1.807, 2.05) is 0 Å². The van der Waals surface area contributed by atoms with Gasteiger partial charge in [0.2, 0.25) is 0 Å². The molecule has 134 valence electrons. The van der Waals surface area contributed by atoms with E-state index >= 15 is 0 Å². The van der Waals surface area contributed by atoms with E-state index in [9.17, 15) is 14.1 Å². The molecule has 0 aromatic carbocycles. The van der Waals surface area contributed by atoms with E-state index in [4.69, 9.17) is 4.74 Å². The van der Waals surface area contributed by atoms with Crippen LogP contribution in [-0.2, 0) is 15.9 Å². The van der Waals surface area contributed by atoms with Crippen molar-refractivity contribution in [3.8, 4) is 0 Å². The van der Waals surface area contributed by atoms with Crippen LogP contribution in [0.15, 0.2) is 16.1 Å². The van der Waals surface area contributed by atoms with Crippen molar-refractivity contribution in [2.24, 2.45) is 0 Å². The van der Waals surface area contributed by atoms with E-state index in [1.165, 1.54) is 0 Å². The van der Waals surface area contributed by atoms with E-state index < -0.39 is 22.7 Å². The molecule has 1 aliphatic carbocycles. The van der Waals surface area contributed by atoms with Gasteiger partial charge >= 0.3 is 11.1 Å². The SMILES string of the molecule is C.CCOC(=O)c1c(C)c2cnc3nc2n(c1=O)C1CCCC1[S+]3[O-]. The van der Waals surface area contributed by atoms with Gasteiger partial charge in [-0.15, -0.1) is 0 Å². The molecule has 3 unspecified atom stereocenters. The number of rotatable bonds is 2. The van der Waals surface area contributed by atoms with Crippen molar-refractivity contribution in [1.29, 1.82) is 0 Å². The molecule has 1 saturated carbocycles. The number of hydrogen-bond donors (Lipinski definition) is 0. The van der Waals surface area contributed by atoms with Gasteiger partial charge in [-0.25, -0.2) is 4.79 Å². The predicted octanol–water partition coefficient (Wildman–Crippen LogP) is 2.13. The van der Waals surface area contributed by atoms with Gasteiger partial charge in [0.25, 0.3) is 5.56 Å². The van der Waals surface area contributed by atoms with Crippen LogP contribution in [0.3, 0.4) is 0 Å². The minimum atomic E-state index is -1.34. The first-order chi connectivity index (χ1) is 11.5. The maximum atomic E-state index is 13.1. The fourth-order valence-corrected chi connectivity index (χ4v) is 5.28. The normalized spacial score (nSPS) is 23.9. The number of carbonyl (C=O) groups is 1. The number of nitrogens with zero attached hydrogens (tertiary/aromatic N) is 3. The zero-order valence-corrected chi connectivity index (χ0v) is 14.3. The van der Waals surface area contributed by atoms with Gasteiger partial charge in [0, 0.05) is 22.8 Å². The maximum absolute atomic E-state index is 13.1. The van der Waals surface area contributed by atoms with Gasteiger partial charge in [0.15, 0.2) is 5.65 Å². The zero-order chi connectivity index (χ0) is 17.0. The third-order valence-electron chi connectivity index (χ3n) is 4.87. The van der Waals surface area contributed by atoms with Crippen LogP contribution in [0.5, 0.6) is 0 Å². The average molecular weight is 363 g/mol. The number of pyridine rings is 1. The molecule has 7 nitrogen and oxygen atoms in total. The molecule has 4 rings (SSSR count). The van der Waals surface area contributed by atoms with Crippen molar-refractivity contribution < 1.29 is 14.1 Å². The third kappa shape index (κ3) is 2.46. The lowest BCUT2D eigenvalue weighted by Gasteiger charge is -2.21. The highest BCUT2D eigenvalue weighted by Gasteiger charge is 2.44. The number of ether oxygens (including phenoxy) is 1. The van der Waals surface area contributed by atoms with Crippen LogP contribution in [0, 0.1) is 6.92 Å². The van der Waals surface area contributed by atoms with Gasteiger partial charge in [-0.2, -0.15) is 9.97 Å². The third-order valence-corrected chi connectivity index (χ3v) is 6.53. The molecule has 3 heterocycles. The van der Waals surface area contributed by atoms with Crippen LogP contribution in [-0.4, -0.2) is 36.9 Å². The highest BCUT2D eigenvalue weighted by Crippen LogP contribution is 2.40. The summed E-state index contributed by atoms with van der Waals surface area (Å²) in [6, 6.07) is -0.219. The Bertz CT molecular complexity index is 911. The minimum absolute atomic E-state index is 0. The van der Waals surface area contributed by atoms with Crippen molar-refractivity contribution in [2.75, 3.05) is 6.61 Å². The molecule has 0 radical (unpaired) electrons. The van der Waals surface area contributed by atoms with E-state index in [2.05, 4.69) is 9.97 Å². The average Bonchev–Trinajstić information content (AvgIpc) is 3.00. The van der Waals surface area contributed by atoms with Gasteiger partial charge in [-0.1, -0.05) is 7.43 Å².